The first-order valence-electron chi connectivity index (χ1n) is 6.95. The Balaban J connectivity index is 2.83. The van der Waals surface area contributed by atoms with Gasteiger partial charge in [0.15, 0.2) is 0 Å². The van der Waals surface area contributed by atoms with Gasteiger partial charge in [0, 0.05) is 23.7 Å². The number of hydrogen-bond acceptors (Lipinski definition) is 4. The highest BCUT2D eigenvalue weighted by Gasteiger charge is 2.08. The van der Waals surface area contributed by atoms with Crippen LogP contribution in [0.4, 0.5) is 0 Å². The highest BCUT2D eigenvalue weighted by Crippen LogP contribution is 2.24. The molecule has 5 heteroatoms. The van der Waals surface area contributed by atoms with E-state index in [1.54, 1.807) is 18.2 Å². The van der Waals surface area contributed by atoms with Gasteiger partial charge in [0.2, 0.25) is 5.91 Å². The summed E-state index contributed by atoms with van der Waals surface area (Å²) in [7, 11) is 0. The molecule has 0 bridgehead atoms. The van der Waals surface area contributed by atoms with Crippen LogP contribution in [0, 0.1) is 0 Å². The van der Waals surface area contributed by atoms with E-state index in [1.807, 2.05) is 27.7 Å². The van der Waals surface area contributed by atoms with Crippen LogP contribution in [0.3, 0.4) is 0 Å². The number of ether oxygens (including phenoxy) is 2. The number of benzene rings is 1. The lowest BCUT2D eigenvalue weighted by Crippen LogP contribution is -2.13. The monoisotopic (exact) mass is 292 g/mol. The van der Waals surface area contributed by atoms with Crippen LogP contribution in [0.2, 0.25) is 0 Å². The average Bonchev–Trinajstić information content (AvgIpc) is 2.37. The highest BCUT2D eigenvalue weighted by atomic mass is 16.5. The van der Waals surface area contributed by atoms with E-state index >= 15 is 0 Å². The molecule has 0 aliphatic carbocycles. The van der Waals surface area contributed by atoms with Crippen molar-refractivity contribution in [2.24, 2.45) is 11.5 Å². The van der Waals surface area contributed by atoms with Crippen molar-refractivity contribution in [2.45, 2.75) is 40.2 Å². The Morgan fingerprint density at radius 3 is 2.29 bits per heavy atom. The second-order valence-electron chi connectivity index (χ2n) is 5.29. The highest BCUT2D eigenvalue weighted by molar-refractivity contribution is 5.93. The van der Waals surface area contributed by atoms with Crippen LogP contribution in [-0.2, 0) is 0 Å². The minimum atomic E-state index is -0.511. The summed E-state index contributed by atoms with van der Waals surface area (Å²) in [6, 6.07) is 4.98. The van der Waals surface area contributed by atoms with Gasteiger partial charge in [-0.3, -0.25) is 4.79 Å². The van der Waals surface area contributed by atoms with Crippen molar-refractivity contribution in [1.29, 1.82) is 0 Å². The van der Waals surface area contributed by atoms with Crippen LogP contribution < -0.4 is 20.9 Å². The fourth-order valence-corrected chi connectivity index (χ4v) is 1.66. The minimum absolute atomic E-state index is 0.00560. The van der Waals surface area contributed by atoms with Crippen LogP contribution >= 0.6 is 0 Å². The molecule has 0 aliphatic rings. The van der Waals surface area contributed by atoms with Gasteiger partial charge in [0.25, 0.3) is 0 Å². The molecule has 0 fully saturated rings. The molecule has 1 amide bonds. The Morgan fingerprint density at radius 1 is 1.14 bits per heavy atom. The molecule has 0 aliphatic heterocycles. The van der Waals surface area contributed by atoms with Gasteiger partial charge in [-0.15, -0.1) is 0 Å². The first-order valence-corrected chi connectivity index (χ1v) is 6.95. The summed E-state index contributed by atoms with van der Waals surface area (Å²) in [6.07, 6.45) is 0.731. The van der Waals surface area contributed by atoms with E-state index in [2.05, 4.69) is 0 Å². The molecule has 1 aromatic rings. The van der Waals surface area contributed by atoms with Crippen molar-refractivity contribution in [3.05, 3.63) is 35.0 Å². The smallest absolute Gasteiger partial charge is 0.248 e. The molecule has 0 atom stereocenters. The van der Waals surface area contributed by atoms with E-state index in [-0.39, 0.29) is 6.10 Å². The first-order chi connectivity index (χ1) is 9.79. The summed E-state index contributed by atoms with van der Waals surface area (Å²) >= 11 is 0. The zero-order valence-corrected chi connectivity index (χ0v) is 13.1. The lowest BCUT2D eigenvalue weighted by atomic mass is 10.2. The molecule has 0 saturated carbocycles. The van der Waals surface area contributed by atoms with Gasteiger partial charge >= 0.3 is 0 Å². The summed E-state index contributed by atoms with van der Waals surface area (Å²) in [5.41, 5.74) is 13.3. The molecule has 0 saturated heterocycles. The lowest BCUT2D eigenvalue weighted by molar-refractivity contribution is 0.0999. The van der Waals surface area contributed by atoms with Gasteiger partial charge in [0.1, 0.15) is 11.5 Å². The summed E-state index contributed by atoms with van der Waals surface area (Å²) in [4.78, 5) is 11.3. The molecular weight excluding hydrogens is 268 g/mol. The van der Waals surface area contributed by atoms with E-state index in [1.165, 1.54) is 0 Å². The van der Waals surface area contributed by atoms with E-state index in [9.17, 15) is 4.79 Å². The molecule has 0 unspecified atom stereocenters. The molecule has 5 nitrogen and oxygen atoms in total. The third kappa shape index (κ3) is 5.77. The summed E-state index contributed by atoms with van der Waals surface area (Å²) in [5.74, 6) is 0.617. The molecule has 0 heterocycles. The van der Waals surface area contributed by atoms with Gasteiger partial charge in [-0.1, -0.05) is 5.57 Å². The Morgan fingerprint density at radius 2 is 1.76 bits per heavy atom. The topological polar surface area (TPSA) is 87.6 Å². The average molecular weight is 292 g/mol. The fraction of sp³-hybridized carbons (Fsp3) is 0.438. The molecule has 0 aromatic heterocycles. The Kier molecular flexibility index (Phi) is 6.09. The van der Waals surface area contributed by atoms with E-state index < -0.39 is 5.91 Å². The predicted octanol–water partition coefficient (Wildman–Crippen LogP) is 2.59. The quantitative estimate of drug-likeness (QED) is 0.808. The minimum Gasteiger partial charge on any atom is -0.493 e. The lowest BCUT2D eigenvalue weighted by Gasteiger charge is -2.13. The molecule has 1 aromatic carbocycles. The fourth-order valence-electron chi connectivity index (χ4n) is 1.66. The standard InChI is InChI=1S/C16H24N2O3/c1-10(2)21-15-8-13(16(18)19)7-14(9-15)20-6-5-11(3)12(4)17/h7-10H,5-6,17H2,1-4H3,(H2,18,19)/b12-11+. The van der Waals surface area contributed by atoms with Crippen molar-refractivity contribution in [3.8, 4) is 11.5 Å². The molecule has 0 spiro atoms. The van der Waals surface area contributed by atoms with Gasteiger partial charge < -0.3 is 20.9 Å². The van der Waals surface area contributed by atoms with Gasteiger partial charge in [0.05, 0.1) is 12.7 Å². The normalized spacial score (nSPS) is 12.0. The third-order valence-corrected chi connectivity index (χ3v) is 2.96. The van der Waals surface area contributed by atoms with Crippen LogP contribution in [0.5, 0.6) is 11.5 Å². The molecule has 4 N–H and O–H groups in total. The van der Waals surface area contributed by atoms with Crippen molar-refractivity contribution >= 4 is 5.91 Å². The van der Waals surface area contributed by atoms with Gasteiger partial charge in [-0.25, -0.2) is 0 Å². The van der Waals surface area contributed by atoms with E-state index in [0.29, 0.717) is 23.7 Å². The number of carbonyl (C=O) groups excluding carboxylic acids is 1. The number of primary amides is 1. The van der Waals surface area contributed by atoms with Crippen LogP contribution in [0.1, 0.15) is 44.5 Å². The first kappa shape index (κ1) is 16.9. The number of amides is 1. The largest absolute Gasteiger partial charge is 0.493 e. The van der Waals surface area contributed by atoms with Crippen LogP contribution in [0.25, 0.3) is 0 Å². The molecular formula is C16H24N2O3. The third-order valence-electron chi connectivity index (χ3n) is 2.96. The van der Waals surface area contributed by atoms with Crippen LogP contribution in [0.15, 0.2) is 29.5 Å². The Labute approximate surface area is 125 Å². The summed E-state index contributed by atoms with van der Waals surface area (Å²) in [6.45, 7) is 8.12. The van der Waals surface area contributed by atoms with Crippen molar-refractivity contribution < 1.29 is 14.3 Å². The molecule has 1 rings (SSSR count). The second-order valence-corrected chi connectivity index (χ2v) is 5.29. The number of nitrogens with two attached hydrogens (primary N) is 2. The second kappa shape index (κ2) is 7.57. The maximum Gasteiger partial charge on any atom is 0.248 e. The van der Waals surface area contributed by atoms with Crippen LogP contribution in [-0.4, -0.2) is 18.6 Å². The SMILES string of the molecule is C/C(N)=C(/C)CCOc1cc(OC(C)C)cc(C(N)=O)c1. The Bertz CT molecular complexity index is 532. The van der Waals surface area contributed by atoms with Gasteiger partial charge in [-0.05, 0) is 39.8 Å². The van der Waals surface area contributed by atoms with E-state index in [0.717, 1.165) is 17.7 Å². The molecule has 21 heavy (non-hydrogen) atoms. The summed E-state index contributed by atoms with van der Waals surface area (Å²) in [5, 5.41) is 0. The number of carbonyl (C=O) groups is 1. The van der Waals surface area contributed by atoms with Gasteiger partial charge in [-0.2, -0.15) is 0 Å². The molecule has 0 radical (unpaired) electrons. The van der Waals surface area contributed by atoms with E-state index in [4.69, 9.17) is 20.9 Å². The molecule has 116 valence electrons. The number of hydrogen-bond donors (Lipinski definition) is 2. The number of rotatable bonds is 7. The van der Waals surface area contributed by atoms with Crippen molar-refractivity contribution in [3.63, 3.8) is 0 Å². The summed E-state index contributed by atoms with van der Waals surface area (Å²) < 4.78 is 11.3. The maximum atomic E-state index is 11.3. The Hall–Kier alpha value is -2.17. The van der Waals surface area contributed by atoms with Crippen molar-refractivity contribution in [1.82, 2.24) is 0 Å². The maximum absolute atomic E-state index is 11.3. The number of allylic oxidation sites excluding steroid dienone is 1. The zero-order chi connectivity index (χ0) is 16.0. The zero-order valence-electron chi connectivity index (χ0n) is 13.1. The van der Waals surface area contributed by atoms with Crippen molar-refractivity contribution in [2.75, 3.05) is 6.61 Å². The predicted molar refractivity (Wildman–Crippen MR) is 83.4 cm³/mol.